The van der Waals surface area contributed by atoms with Crippen LogP contribution in [-0.4, -0.2) is 22.6 Å². The van der Waals surface area contributed by atoms with Crippen LogP contribution < -0.4 is 5.32 Å². The molecule has 3 aliphatic carbocycles. The summed E-state index contributed by atoms with van der Waals surface area (Å²) < 4.78 is 7.60. The molecule has 4 aliphatic rings. The lowest BCUT2D eigenvalue weighted by Gasteiger charge is -2.35. The van der Waals surface area contributed by atoms with Crippen LogP contribution in [0.3, 0.4) is 0 Å². The Hall–Kier alpha value is -0.0300. The third-order valence-electron chi connectivity index (χ3n) is 7.03. The fourth-order valence-corrected chi connectivity index (χ4v) is 6.14. The summed E-state index contributed by atoms with van der Waals surface area (Å²) in [7, 11) is 0. The zero-order chi connectivity index (χ0) is 17.8. The van der Waals surface area contributed by atoms with Gasteiger partial charge in [0, 0.05) is 15.9 Å². The molecular weight excluding hydrogens is 433 g/mol. The van der Waals surface area contributed by atoms with Gasteiger partial charge in [0.15, 0.2) is 0 Å². The summed E-state index contributed by atoms with van der Waals surface area (Å²) in [5.74, 6) is 2.68. The van der Waals surface area contributed by atoms with Gasteiger partial charge in [-0.05, 0) is 75.5 Å². The van der Waals surface area contributed by atoms with Crippen molar-refractivity contribution in [3.63, 3.8) is 0 Å². The molecule has 0 spiro atoms. The van der Waals surface area contributed by atoms with E-state index in [-0.39, 0.29) is 0 Å². The van der Waals surface area contributed by atoms with Crippen LogP contribution in [-0.2, 0) is 4.74 Å². The highest BCUT2D eigenvalue weighted by Crippen LogP contribution is 2.39. The van der Waals surface area contributed by atoms with Crippen LogP contribution in [0, 0.1) is 11.8 Å². The van der Waals surface area contributed by atoms with Gasteiger partial charge < -0.3 is 10.1 Å². The second-order valence-electron chi connectivity index (χ2n) is 8.98. The number of alkyl halides is 1. The highest BCUT2D eigenvalue weighted by molar-refractivity contribution is 14.1. The molecule has 3 heteroatoms. The minimum atomic E-state index is 0.463. The zero-order valence-electron chi connectivity index (χ0n) is 16.2. The molecule has 2 nitrogen and oxygen atoms in total. The van der Waals surface area contributed by atoms with Gasteiger partial charge in [0.1, 0.15) is 5.76 Å². The van der Waals surface area contributed by atoms with Gasteiger partial charge in [0.25, 0.3) is 0 Å². The largest absolute Gasteiger partial charge is 0.494 e. The Morgan fingerprint density at radius 3 is 2.35 bits per heavy atom. The molecule has 1 saturated heterocycles. The first-order valence-corrected chi connectivity index (χ1v) is 12.5. The van der Waals surface area contributed by atoms with E-state index in [0.717, 1.165) is 9.84 Å². The van der Waals surface area contributed by atoms with Crippen molar-refractivity contribution in [3.05, 3.63) is 23.5 Å². The summed E-state index contributed by atoms with van der Waals surface area (Å²) >= 11 is 2.62. The molecule has 0 aromatic carbocycles. The van der Waals surface area contributed by atoms with Gasteiger partial charge >= 0.3 is 0 Å². The first kappa shape index (κ1) is 19.3. The maximum Gasteiger partial charge on any atom is 0.102 e. The number of halogens is 1. The van der Waals surface area contributed by atoms with Gasteiger partial charge in [-0.3, -0.25) is 0 Å². The standard InChI is InChI=1S/C23H36INO/c24-19-10-12-20(13-11-19)26-23-16-18(17-7-3-1-2-4-8-17)15-22-21(23)9-5-6-14-25-22/h15-17,19-22,25H,1-14H2. The second-order valence-corrected chi connectivity index (χ2v) is 10.7. The molecule has 0 amide bonds. The monoisotopic (exact) mass is 469 g/mol. The number of fused-ring (bicyclic) bond motifs is 1. The highest BCUT2D eigenvalue weighted by Gasteiger charge is 2.33. The SMILES string of the molecule is IC1CCC(OC2=CC(C3CCCCCC3)=CC3NCCCCC23)CC1. The Morgan fingerprint density at radius 1 is 0.846 bits per heavy atom. The minimum absolute atomic E-state index is 0.463. The van der Waals surface area contributed by atoms with Gasteiger partial charge in [-0.1, -0.05) is 60.8 Å². The molecule has 2 atom stereocenters. The first-order chi connectivity index (χ1) is 12.8. The predicted octanol–water partition coefficient (Wildman–Crippen LogP) is 6.30. The van der Waals surface area contributed by atoms with E-state index in [1.54, 1.807) is 5.57 Å². The smallest absolute Gasteiger partial charge is 0.102 e. The molecule has 0 aromatic heterocycles. The average molecular weight is 469 g/mol. The lowest BCUT2D eigenvalue weighted by atomic mass is 9.81. The molecule has 146 valence electrons. The van der Waals surface area contributed by atoms with E-state index in [9.17, 15) is 0 Å². The van der Waals surface area contributed by atoms with Crippen molar-refractivity contribution >= 4 is 22.6 Å². The molecule has 1 aliphatic heterocycles. The Balaban J connectivity index is 1.52. The summed E-state index contributed by atoms with van der Waals surface area (Å²) in [6.07, 6.45) is 23.1. The topological polar surface area (TPSA) is 21.3 Å². The van der Waals surface area contributed by atoms with Gasteiger partial charge in [-0.2, -0.15) is 0 Å². The Bertz CT molecular complexity index is 512. The predicted molar refractivity (Wildman–Crippen MR) is 118 cm³/mol. The van der Waals surface area contributed by atoms with E-state index in [1.807, 2.05) is 0 Å². The fraction of sp³-hybridized carbons (Fsp3) is 0.826. The Labute approximate surface area is 173 Å². The fourth-order valence-electron chi connectivity index (χ4n) is 5.42. The van der Waals surface area contributed by atoms with Crippen LogP contribution in [0.1, 0.15) is 83.5 Å². The van der Waals surface area contributed by atoms with E-state index in [2.05, 4.69) is 40.1 Å². The Morgan fingerprint density at radius 2 is 1.58 bits per heavy atom. The molecule has 2 unspecified atom stereocenters. The second kappa shape index (κ2) is 9.45. The zero-order valence-corrected chi connectivity index (χ0v) is 18.4. The van der Waals surface area contributed by atoms with Crippen molar-refractivity contribution in [2.75, 3.05) is 6.54 Å². The number of allylic oxidation sites excluding steroid dienone is 2. The maximum absolute atomic E-state index is 6.73. The summed E-state index contributed by atoms with van der Waals surface area (Å²) in [6.45, 7) is 1.17. The first-order valence-electron chi connectivity index (χ1n) is 11.3. The number of hydrogen-bond donors (Lipinski definition) is 1. The van der Waals surface area contributed by atoms with Gasteiger partial charge in [0.2, 0.25) is 0 Å². The maximum atomic E-state index is 6.73. The number of rotatable bonds is 3. The van der Waals surface area contributed by atoms with Crippen LogP contribution in [0.5, 0.6) is 0 Å². The van der Waals surface area contributed by atoms with Crippen LogP contribution in [0.15, 0.2) is 23.5 Å². The molecule has 4 rings (SSSR count). The summed E-state index contributed by atoms with van der Waals surface area (Å²) in [5, 5.41) is 3.84. The van der Waals surface area contributed by atoms with Crippen LogP contribution in [0.2, 0.25) is 0 Å². The van der Waals surface area contributed by atoms with Crippen LogP contribution in [0.4, 0.5) is 0 Å². The number of ether oxygens (including phenoxy) is 1. The summed E-state index contributed by atoms with van der Waals surface area (Å²) in [6, 6.07) is 0.511. The normalized spacial score (nSPS) is 37.0. The van der Waals surface area contributed by atoms with Crippen molar-refractivity contribution in [2.45, 2.75) is 99.5 Å². The number of hydrogen-bond acceptors (Lipinski definition) is 2. The lowest BCUT2D eigenvalue weighted by molar-refractivity contribution is 0.0598. The van der Waals surface area contributed by atoms with E-state index in [0.29, 0.717) is 18.1 Å². The van der Waals surface area contributed by atoms with Crippen molar-refractivity contribution in [1.29, 1.82) is 0 Å². The molecule has 2 saturated carbocycles. The third kappa shape index (κ3) is 4.87. The molecule has 1 heterocycles. The average Bonchev–Trinajstić information content (AvgIpc) is 3.06. The number of nitrogens with one attached hydrogen (secondary N) is 1. The van der Waals surface area contributed by atoms with Gasteiger partial charge in [0.05, 0.1) is 6.10 Å². The van der Waals surface area contributed by atoms with E-state index < -0.39 is 0 Å². The van der Waals surface area contributed by atoms with Crippen molar-refractivity contribution in [1.82, 2.24) is 5.32 Å². The highest BCUT2D eigenvalue weighted by atomic mass is 127. The minimum Gasteiger partial charge on any atom is -0.494 e. The Kier molecular flexibility index (Phi) is 7.01. The van der Waals surface area contributed by atoms with E-state index in [1.165, 1.54) is 95.8 Å². The van der Waals surface area contributed by atoms with E-state index >= 15 is 0 Å². The molecule has 0 radical (unpaired) electrons. The van der Waals surface area contributed by atoms with E-state index in [4.69, 9.17) is 4.74 Å². The van der Waals surface area contributed by atoms with Crippen LogP contribution >= 0.6 is 22.6 Å². The summed E-state index contributed by atoms with van der Waals surface area (Å²) in [5.41, 5.74) is 1.60. The van der Waals surface area contributed by atoms with Crippen molar-refractivity contribution in [2.24, 2.45) is 11.8 Å². The lowest BCUT2D eigenvalue weighted by Crippen LogP contribution is -2.38. The molecule has 3 fully saturated rings. The molecule has 1 N–H and O–H groups in total. The molecule has 0 aromatic rings. The quantitative estimate of drug-likeness (QED) is 0.298. The van der Waals surface area contributed by atoms with Gasteiger partial charge in [-0.25, -0.2) is 0 Å². The van der Waals surface area contributed by atoms with Gasteiger partial charge in [-0.15, -0.1) is 0 Å². The molecular formula is C23H36INO. The molecule has 26 heavy (non-hydrogen) atoms. The third-order valence-corrected chi connectivity index (χ3v) is 8.28. The van der Waals surface area contributed by atoms with Crippen LogP contribution in [0.25, 0.3) is 0 Å². The van der Waals surface area contributed by atoms with Crippen molar-refractivity contribution in [3.8, 4) is 0 Å². The summed E-state index contributed by atoms with van der Waals surface area (Å²) in [4.78, 5) is 0. The molecule has 0 bridgehead atoms. The van der Waals surface area contributed by atoms with Crippen molar-refractivity contribution < 1.29 is 4.74 Å².